The van der Waals surface area contributed by atoms with Gasteiger partial charge in [0, 0.05) is 0 Å². The Morgan fingerprint density at radius 1 is 0.786 bits per heavy atom. The molecule has 1 fully saturated rings. The number of benzene rings is 2. The van der Waals surface area contributed by atoms with Crippen molar-refractivity contribution in [1.29, 1.82) is 0 Å². The molecule has 0 spiro atoms. The zero-order valence-electron chi connectivity index (χ0n) is 17.8. The Morgan fingerprint density at radius 2 is 1.29 bits per heavy atom. The normalized spacial score (nSPS) is 24.6. The van der Waals surface area contributed by atoms with Crippen molar-refractivity contribution in [2.24, 2.45) is 11.8 Å². The van der Waals surface area contributed by atoms with Gasteiger partial charge in [-0.25, -0.2) is 0 Å². The fourth-order valence-electron chi connectivity index (χ4n) is 5.43. The molecule has 152 valence electrons. The smallest absolute Gasteiger partial charge is 0.115 e. The van der Waals surface area contributed by atoms with Crippen molar-refractivity contribution >= 4 is 18.4 Å². The molecule has 0 saturated heterocycles. The first-order valence-corrected chi connectivity index (χ1v) is 14.1. The standard InChI is InChI=1S/C26H38OSi/c1-3-25-22(15-9-5-4-6-14-20-26(25)27)21-28(2,23-16-10-7-11-17-23)24-18-12-8-13-19-24/h7-8,10-13,16-19,22,25-27H,3-6,9,14-15,20-21H2,1-2H3. The molecule has 2 aromatic carbocycles. The monoisotopic (exact) mass is 394 g/mol. The van der Waals surface area contributed by atoms with Crippen LogP contribution in [0.15, 0.2) is 60.7 Å². The van der Waals surface area contributed by atoms with Crippen molar-refractivity contribution in [1.82, 2.24) is 0 Å². The fraction of sp³-hybridized carbons (Fsp3) is 0.538. The van der Waals surface area contributed by atoms with E-state index in [0.717, 1.165) is 12.8 Å². The second kappa shape index (κ2) is 10.4. The number of aliphatic hydroxyl groups excluding tert-OH is 1. The average Bonchev–Trinajstić information content (AvgIpc) is 2.74. The molecule has 1 saturated carbocycles. The summed E-state index contributed by atoms with van der Waals surface area (Å²) in [6.45, 7) is 4.84. The fourth-order valence-corrected chi connectivity index (χ4v) is 9.65. The van der Waals surface area contributed by atoms with Gasteiger partial charge in [0.2, 0.25) is 0 Å². The van der Waals surface area contributed by atoms with Gasteiger partial charge in [0.1, 0.15) is 8.07 Å². The highest BCUT2D eigenvalue weighted by Gasteiger charge is 2.38. The van der Waals surface area contributed by atoms with Crippen LogP contribution in [-0.4, -0.2) is 19.3 Å². The molecule has 0 bridgehead atoms. The van der Waals surface area contributed by atoms with Gasteiger partial charge in [0.25, 0.3) is 0 Å². The molecule has 2 aromatic rings. The van der Waals surface area contributed by atoms with Crippen LogP contribution in [0.1, 0.15) is 58.3 Å². The van der Waals surface area contributed by atoms with Crippen LogP contribution >= 0.6 is 0 Å². The van der Waals surface area contributed by atoms with Gasteiger partial charge >= 0.3 is 0 Å². The minimum atomic E-state index is -1.86. The van der Waals surface area contributed by atoms with E-state index in [0.29, 0.717) is 11.8 Å². The van der Waals surface area contributed by atoms with Crippen LogP contribution in [0.4, 0.5) is 0 Å². The van der Waals surface area contributed by atoms with Crippen LogP contribution in [0.25, 0.3) is 0 Å². The van der Waals surface area contributed by atoms with Crippen molar-refractivity contribution < 1.29 is 5.11 Å². The summed E-state index contributed by atoms with van der Waals surface area (Å²) in [5, 5.41) is 14.1. The predicted molar refractivity (Wildman–Crippen MR) is 124 cm³/mol. The lowest BCUT2D eigenvalue weighted by Crippen LogP contribution is -2.57. The third kappa shape index (κ3) is 5.15. The molecule has 1 aliphatic rings. The first-order valence-electron chi connectivity index (χ1n) is 11.4. The van der Waals surface area contributed by atoms with Gasteiger partial charge < -0.3 is 5.11 Å². The van der Waals surface area contributed by atoms with E-state index in [1.807, 2.05) is 0 Å². The Balaban J connectivity index is 1.95. The van der Waals surface area contributed by atoms with Gasteiger partial charge in [-0.05, 0) is 24.3 Å². The summed E-state index contributed by atoms with van der Waals surface area (Å²) in [6, 6.07) is 23.7. The molecule has 28 heavy (non-hydrogen) atoms. The largest absolute Gasteiger partial charge is 0.393 e. The second-order valence-corrected chi connectivity index (χ2v) is 13.2. The molecule has 0 aliphatic heterocycles. The zero-order valence-corrected chi connectivity index (χ0v) is 18.8. The lowest BCUT2D eigenvalue weighted by atomic mass is 9.80. The van der Waals surface area contributed by atoms with Crippen LogP contribution in [-0.2, 0) is 0 Å². The molecule has 0 heterocycles. The zero-order chi connectivity index (χ0) is 19.8. The third-order valence-electron chi connectivity index (χ3n) is 7.14. The molecule has 1 nitrogen and oxygen atoms in total. The molecule has 0 amide bonds. The highest BCUT2D eigenvalue weighted by Crippen LogP contribution is 2.35. The lowest BCUT2D eigenvalue weighted by molar-refractivity contribution is 0.0590. The average molecular weight is 395 g/mol. The maximum Gasteiger partial charge on any atom is 0.115 e. The van der Waals surface area contributed by atoms with Crippen molar-refractivity contribution in [2.45, 2.75) is 77.0 Å². The van der Waals surface area contributed by atoms with Crippen LogP contribution in [0.5, 0.6) is 0 Å². The van der Waals surface area contributed by atoms with E-state index in [4.69, 9.17) is 0 Å². The van der Waals surface area contributed by atoms with Crippen molar-refractivity contribution in [3.05, 3.63) is 60.7 Å². The number of rotatable bonds is 5. The molecule has 2 heteroatoms. The van der Waals surface area contributed by atoms with E-state index < -0.39 is 8.07 Å². The lowest BCUT2D eigenvalue weighted by Gasteiger charge is -2.38. The molecule has 0 aromatic heterocycles. The molecular weight excluding hydrogens is 356 g/mol. The van der Waals surface area contributed by atoms with Gasteiger partial charge in [-0.2, -0.15) is 0 Å². The minimum Gasteiger partial charge on any atom is -0.393 e. The first-order chi connectivity index (χ1) is 13.6. The second-order valence-electron chi connectivity index (χ2n) is 9.01. The summed E-state index contributed by atoms with van der Waals surface area (Å²) in [7, 11) is -1.86. The van der Waals surface area contributed by atoms with Gasteiger partial charge in [-0.1, -0.05) is 129 Å². The van der Waals surface area contributed by atoms with E-state index in [2.05, 4.69) is 74.1 Å². The first kappa shape index (κ1) is 21.3. The van der Waals surface area contributed by atoms with Crippen LogP contribution in [0.2, 0.25) is 12.6 Å². The molecule has 0 radical (unpaired) electrons. The minimum absolute atomic E-state index is 0.127. The highest BCUT2D eigenvalue weighted by molar-refractivity contribution is 7.01. The van der Waals surface area contributed by atoms with E-state index >= 15 is 0 Å². The quantitative estimate of drug-likeness (QED) is 0.652. The summed E-state index contributed by atoms with van der Waals surface area (Å²) >= 11 is 0. The summed E-state index contributed by atoms with van der Waals surface area (Å²) in [5.74, 6) is 1.06. The van der Waals surface area contributed by atoms with E-state index in [1.54, 1.807) is 0 Å². The van der Waals surface area contributed by atoms with Gasteiger partial charge in [0.05, 0.1) is 6.10 Å². The molecule has 3 unspecified atom stereocenters. The van der Waals surface area contributed by atoms with Crippen LogP contribution in [0.3, 0.4) is 0 Å². The summed E-state index contributed by atoms with van der Waals surface area (Å²) in [5.41, 5.74) is 0. The Bertz CT molecular complexity index is 645. The topological polar surface area (TPSA) is 20.2 Å². The maximum absolute atomic E-state index is 11.0. The number of aliphatic hydroxyl groups is 1. The maximum atomic E-state index is 11.0. The molecule has 1 N–H and O–H groups in total. The summed E-state index contributed by atoms with van der Waals surface area (Å²) in [6.07, 6.45) is 9.73. The molecule has 1 aliphatic carbocycles. The van der Waals surface area contributed by atoms with Crippen LogP contribution < -0.4 is 10.4 Å². The third-order valence-corrected chi connectivity index (χ3v) is 11.7. The molecular formula is C26H38OSi. The number of hydrogen-bond acceptors (Lipinski definition) is 1. The predicted octanol–water partition coefficient (Wildman–Crippen LogP) is 5.63. The highest BCUT2D eigenvalue weighted by atomic mass is 28.3. The summed E-state index contributed by atoms with van der Waals surface area (Å²) < 4.78 is 0. The van der Waals surface area contributed by atoms with Crippen molar-refractivity contribution in [3.63, 3.8) is 0 Å². The summed E-state index contributed by atoms with van der Waals surface area (Å²) in [4.78, 5) is 0. The number of hydrogen-bond donors (Lipinski definition) is 1. The van der Waals surface area contributed by atoms with E-state index in [-0.39, 0.29) is 6.10 Å². The van der Waals surface area contributed by atoms with Gasteiger partial charge in [0.15, 0.2) is 0 Å². The van der Waals surface area contributed by atoms with Gasteiger partial charge in [-0.15, -0.1) is 0 Å². The Morgan fingerprint density at radius 3 is 1.82 bits per heavy atom. The Hall–Kier alpha value is -1.38. The van der Waals surface area contributed by atoms with E-state index in [1.165, 1.54) is 54.9 Å². The Kier molecular flexibility index (Phi) is 7.93. The van der Waals surface area contributed by atoms with Crippen LogP contribution in [0, 0.1) is 11.8 Å². The van der Waals surface area contributed by atoms with Crippen molar-refractivity contribution in [2.75, 3.05) is 0 Å². The Labute approximate surface area is 173 Å². The van der Waals surface area contributed by atoms with Crippen molar-refractivity contribution in [3.8, 4) is 0 Å². The molecule has 3 rings (SSSR count). The molecule has 3 atom stereocenters. The van der Waals surface area contributed by atoms with E-state index in [9.17, 15) is 5.11 Å². The SMILES string of the molecule is CCC1C(O)CCCCCCCC1C[Si](C)(c1ccccc1)c1ccccc1. The van der Waals surface area contributed by atoms with Gasteiger partial charge in [-0.3, -0.25) is 0 Å².